The van der Waals surface area contributed by atoms with Gasteiger partial charge in [0.05, 0.1) is 0 Å². The van der Waals surface area contributed by atoms with Gasteiger partial charge in [0, 0.05) is 0 Å². The number of aliphatic hydroxyl groups is 1. The molecular formula is C20H18O2S. The van der Waals surface area contributed by atoms with Crippen molar-refractivity contribution >= 4 is 29.1 Å². The average Bonchev–Trinajstić information content (AvgIpc) is 2.56. The van der Waals surface area contributed by atoms with E-state index in [0.29, 0.717) is 11.1 Å². The third kappa shape index (κ3) is 4.73. The highest BCUT2D eigenvalue weighted by molar-refractivity contribution is 7.80. The van der Waals surface area contributed by atoms with Crippen molar-refractivity contribution in [2.45, 2.75) is 12.8 Å². The maximum absolute atomic E-state index is 12.6. The zero-order valence-corrected chi connectivity index (χ0v) is 13.7. The molecule has 0 spiro atoms. The molecule has 0 radical (unpaired) electrons. The number of hydrogen-bond acceptors (Lipinski definition) is 2. The van der Waals surface area contributed by atoms with Crippen LogP contribution in [0.4, 0.5) is 0 Å². The molecule has 2 rings (SSSR count). The Morgan fingerprint density at radius 2 is 1.61 bits per heavy atom. The fourth-order valence-electron chi connectivity index (χ4n) is 2.23. The van der Waals surface area contributed by atoms with E-state index in [1.165, 1.54) is 0 Å². The Morgan fingerprint density at radius 3 is 2.17 bits per heavy atom. The van der Waals surface area contributed by atoms with E-state index in [0.717, 1.165) is 5.56 Å². The van der Waals surface area contributed by atoms with Gasteiger partial charge in [-0.05, 0) is 35.8 Å². The molecule has 0 aliphatic heterocycles. The number of benzene rings is 2. The zero-order valence-electron chi connectivity index (χ0n) is 12.8. The quantitative estimate of drug-likeness (QED) is 0.468. The second-order valence-corrected chi connectivity index (χ2v) is 5.58. The number of Topliss-reactive ketones (excluding diaryl/α,β-unsaturated/α-hetero) is 1. The lowest BCUT2D eigenvalue weighted by Crippen LogP contribution is -2.21. The molecule has 0 aliphatic carbocycles. The van der Waals surface area contributed by atoms with E-state index in [1.807, 2.05) is 60.7 Å². The van der Waals surface area contributed by atoms with Crippen molar-refractivity contribution in [2.75, 3.05) is 0 Å². The van der Waals surface area contributed by atoms with Crippen LogP contribution < -0.4 is 0 Å². The lowest BCUT2D eigenvalue weighted by molar-refractivity contribution is -0.115. The second kappa shape index (κ2) is 8.20. The van der Waals surface area contributed by atoms with E-state index in [-0.39, 0.29) is 10.8 Å². The minimum atomic E-state index is -0.799. The summed E-state index contributed by atoms with van der Waals surface area (Å²) in [6.45, 7) is 1.73. The Hall–Kier alpha value is -2.52. The van der Waals surface area contributed by atoms with Crippen LogP contribution in [0.3, 0.4) is 0 Å². The number of ketones is 1. The van der Waals surface area contributed by atoms with Gasteiger partial charge in [0.15, 0.2) is 10.8 Å². The van der Waals surface area contributed by atoms with Crippen LogP contribution in [0.15, 0.2) is 78.4 Å². The number of thiocarbonyl (C=S) groups is 1. The number of hydrogen-bond donors (Lipinski definition) is 1. The van der Waals surface area contributed by atoms with Crippen LogP contribution in [-0.4, -0.2) is 15.9 Å². The first-order chi connectivity index (χ1) is 11.1. The summed E-state index contributed by atoms with van der Waals surface area (Å²) in [5.41, 5.74) is 2.30. The topological polar surface area (TPSA) is 37.3 Å². The third-order valence-electron chi connectivity index (χ3n) is 3.47. The van der Waals surface area contributed by atoms with Crippen LogP contribution in [0.1, 0.15) is 24.0 Å². The molecule has 0 aliphatic rings. The molecule has 23 heavy (non-hydrogen) atoms. The molecule has 2 aromatic rings. The summed E-state index contributed by atoms with van der Waals surface area (Å²) in [5, 5.41) is 9.45. The molecule has 0 saturated carbocycles. The molecule has 0 bridgehead atoms. The summed E-state index contributed by atoms with van der Waals surface area (Å²) in [4.78, 5) is 12.6. The van der Waals surface area contributed by atoms with Crippen molar-refractivity contribution < 1.29 is 9.90 Å². The van der Waals surface area contributed by atoms with Gasteiger partial charge in [-0.25, -0.2) is 0 Å². The SMILES string of the molecule is C/C(=C\C=C\c1ccccc1)C(=O)C(C(O)=S)c1ccccc1. The van der Waals surface area contributed by atoms with E-state index in [9.17, 15) is 9.90 Å². The van der Waals surface area contributed by atoms with Gasteiger partial charge < -0.3 is 5.11 Å². The largest absolute Gasteiger partial charge is 0.501 e. The Kier molecular flexibility index (Phi) is 6.01. The van der Waals surface area contributed by atoms with Crippen molar-refractivity contribution in [3.05, 3.63) is 89.5 Å². The molecule has 3 heteroatoms. The van der Waals surface area contributed by atoms with Crippen molar-refractivity contribution in [3.63, 3.8) is 0 Å². The van der Waals surface area contributed by atoms with Crippen LogP contribution in [0.2, 0.25) is 0 Å². The Balaban J connectivity index is 2.18. The van der Waals surface area contributed by atoms with Gasteiger partial charge in [-0.2, -0.15) is 0 Å². The predicted molar refractivity (Wildman–Crippen MR) is 98.6 cm³/mol. The van der Waals surface area contributed by atoms with Crippen LogP contribution in [-0.2, 0) is 4.79 Å². The molecule has 1 N–H and O–H groups in total. The van der Waals surface area contributed by atoms with Gasteiger partial charge in [0.2, 0.25) is 0 Å². The second-order valence-electron chi connectivity index (χ2n) is 5.17. The highest BCUT2D eigenvalue weighted by Crippen LogP contribution is 2.21. The molecule has 1 atom stereocenters. The van der Waals surface area contributed by atoms with Crippen molar-refractivity contribution in [3.8, 4) is 0 Å². The Morgan fingerprint density at radius 1 is 1.04 bits per heavy atom. The molecule has 0 heterocycles. The molecule has 0 aromatic heterocycles. The summed E-state index contributed by atoms with van der Waals surface area (Å²) in [7, 11) is 0. The molecule has 1 unspecified atom stereocenters. The number of carbonyl (C=O) groups excluding carboxylic acids is 1. The molecule has 0 fully saturated rings. The van der Waals surface area contributed by atoms with Gasteiger partial charge >= 0.3 is 0 Å². The summed E-state index contributed by atoms with van der Waals surface area (Å²) >= 11 is 4.87. The molecule has 0 saturated heterocycles. The lowest BCUT2D eigenvalue weighted by Gasteiger charge is -2.13. The van der Waals surface area contributed by atoms with Crippen LogP contribution in [0.5, 0.6) is 0 Å². The maximum Gasteiger partial charge on any atom is 0.174 e. The van der Waals surface area contributed by atoms with Gasteiger partial charge in [-0.3, -0.25) is 4.79 Å². The molecule has 2 nitrogen and oxygen atoms in total. The molecule has 2 aromatic carbocycles. The third-order valence-corrected chi connectivity index (χ3v) is 3.70. The minimum Gasteiger partial charge on any atom is -0.501 e. The fraction of sp³-hybridized carbons (Fsp3) is 0.100. The van der Waals surface area contributed by atoms with Crippen LogP contribution in [0.25, 0.3) is 6.08 Å². The first kappa shape index (κ1) is 16.8. The van der Waals surface area contributed by atoms with Crippen molar-refractivity contribution in [1.82, 2.24) is 0 Å². The smallest absolute Gasteiger partial charge is 0.174 e. The highest BCUT2D eigenvalue weighted by atomic mass is 32.1. The summed E-state index contributed by atoms with van der Waals surface area (Å²) in [6.07, 6.45) is 5.49. The minimum absolute atomic E-state index is 0.193. The highest BCUT2D eigenvalue weighted by Gasteiger charge is 2.25. The Bertz CT molecular complexity index is 731. The van der Waals surface area contributed by atoms with Gasteiger partial charge in [-0.15, -0.1) is 0 Å². The molecular weight excluding hydrogens is 304 g/mol. The van der Waals surface area contributed by atoms with Crippen molar-refractivity contribution in [1.29, 1.82) is 0 Å². The van der Waals surface area contributed by atoms with Gasteiger partial charge in [-0.1, -0.05) is 78.9 Å². The Labute approximate surface area is 141 Å². The van der Waals surface area contributed by atoms with E-state index in [2.05, 4.69) is 0 Å². The summed E-state index contributed by atoms with van der Waals surface area (Å²) in [6, 6.07) is 18.9. The summed E-state index contributed by atoms with van der Waals surface area (Å²) in [5.74, 6) is -0.992. The van der Waals surface area contributed by atoms with E-state index < -0.39 is 5.92 Å². The first-order valence-electron chi connectivity index (χ1n) is 7.31. The van der Waals surface area contributed by atoms with Gasteiger partial charge in [0.25, 0.3) is 0 Å². The first-order valence-corrected chi connectivity index (χ1v) is 7.72. The van der Waals surface area contributed by atoms with E-state index >= 15 is 0 Å². The standard InChI is InChI=1S/C20H18O2S/c1-15(9-8-12-16-10-4-2-5-11-16)19(21)18(20(22)23)17-13-6-3-7-14-17/h2-14,18H,1H3,(H,22,23)/b12-8+,15-9+. The van der Waals surface area contributed by atoms with Crippen LogP contribution >= 0.6 is 12.2 Å². The normalized spacial score (nSPS) is 13.0. The predicted octanol–water partition coefficient (Wildman–Crippen LogP) is 4.88. The number of allylic oxidation sites excluding steroid dienone is 3. The molecule has 0 amide bonds. The maximum atomic E-state index is 12.6. The number of aliphatic hydroxyl groups excluding tert-OH is 1. The fourth-order valence-corrected chi connectivity index (χ4v) is 2.47. The van der Waals surface area contributed by atoms with Gasteiger partial charge in [0.1, 0.15) is 5.92 Å². The average molecular weight is 322 g/mol. The number of carbonyl (C=O) groups is 1. The molecule has 116 valence electrons. The summed E-state index contributed by atoms with van der Waals surface area (Å²) < 4.78 is 0. The lowest BCUT2D eigenvalue weighted by atomic mass is 9.91. The van der Waals surface area contributed by atoms with Crippen molar-refractivity contribution in [2.24, 2.45) is 0 Å². The monoisotopic (exact) mass is 322 g/mol. The van der Waals surface area contributed by atoms with E-state index in [1.54, 1.807) is 25.1 Å². The number of rotatable bonds is 6. The van der Waals surface area contributed by atoms with E-state index in [4.69, 9.17) is 12.2 Å². The zero-order chi connectivity index (χ0) is 16.7. The van der Waals surface area contributed by atoms with Crippen LogP contribution in [0, 0.1) is 0 Å².